The lowest BCUT2D eigenvalue weighted by Gasteiger charge is -2.15. The van der Waals surface area contributed by atoms with E-state index >= 15 is 0 Å². The standard InChI is InChI=1S/C24H27N5O2S/c1-16-9-3-6-12-18(16)22-27-28-24(29(22)2)32-15-21(30)26-20-14-8-7-13-19(20)23(31)25-17-10-4-5-11-17/h3,6-9,12-14,17H,4-5,10-11,15H2,1-2H3,(H,25,31)(H,26,30). The van der Waals surface area contributed by atoms with E-state index in [2.05, 4.69) is 20.8 Å². The summed E-state index contributed by atoms with van der Waals surface area (Å²) in [5.74, 6) is 0.589. The second-order valence-electron chi connectivity index (χ2n) is 8.02. The molecule has 3 aromatic rings. The highest BCUT2D eigenvalue weighted by atomic mass is 32.2. The Hall–Kier alpha value is -3.13. The molecule has 8 heteroatoms. The number of para-hydroxylation sites is 1. The van der Waals surface area contributed by atoms with Crippen LogP contribution in [-0.4, -0.2) is 38.4 Å². The molecule has 2 N–H and O–H groups in total. The average molecular weight is 450 g/mol. The van der Waals surface area contributed by atoms with Gasteiger partial charge >= 0.3 is 0 Å². The van der Waals surface area contributed by atoms with Crippen molar-refractivity contribution in [1.82, 2.24) is 20.1 Å². The van der Waals surface area contributed by atoms with Crippen LogP contribution in [0, 0.1) is 6.92 Å². The Morgan fingerprint density at radius 1 is 1.06 bits per heavy atom. The highest BCUT2D eigenvalue weighted by Crippen LogP contribution is 2.25. The van der Waals surface area contributed by atoms with E-state index in [9.17, 15) is 9.59 Å². The maximum Gasteiger partial charge on any atom is 0.253 e. The maximum atomic E-state index is 12.7. The van der Waals surface area contributed by atoms with Crippen LogP contribution in [0.5, 0.6) is 0 Å². The highest BCUT2D eigenvalue weighted by molar-refractivity contribution is 7.99. The summed E-state index contributed by atoms with van der Waals surface area (Å²) in [6.45, 7) is 2.03. The second-order valence-corrected chi connectivity index (χ2v) is 8.96. The molecule has 0 bridgehead atoms. The summed E-state index contributed by atoms with van der Waals surface area (Å²) in [6.07, 6.45) is 4.32. The number of amides is 2. The summed E-state index contributed by atoms with van der Waals surface area (Å²) in [5, 5.41) is 15.2. The van der Waals surface area contributed by atoms with Crippen molar-refractivity contribution in [3.8, 4) is 11.4 Å². The topological polar surface area (TPSA) is 88.9 Å². The highest BCUT2D eigenvalue weighted by Gasteiger charge is 2.20. The minimum atomic E-state index is -0.198. The van der Waals surface area contributed by atoms with Crippen molar-refractivity contribution in [3.63, 3.8) is 0 Å². The van der Waals surface area contributed by atoms with Crippen molar-refractivity contribution in [1.29, 1.82) is 0 Å². The first-order chi connectivity index (χ1) is 15.5. The SMILES string of the molecule is Cc1ccccc1-c1nnc(SCC(=O)Nc2ccccc2C(=O)NC2CCCC2)n1C. The number of benzene rings is 2. The van der Waals surface area contributed by atoms with Gasteiger partial charge in [0, 0.05) is 18.7 Å². The van der Waals surface area contributed by atoms with Crippen molar-refractivity contribution in [2.24, 2.45) is 7.05 Å². The van der Waals surface area contributed by atoms with Crippen molar-refractivity contribution in [2.75, 3.05) is 11.1 Å². The fraction of sp³-hybridized carbons (Fsp3) is 0.333. The number of aryl methyl sites for hydroxylation is 1. The van der Waals surface area contributed by atoms with E-state index in [4.69, 9.17) is 0 Å². The third kappa shape index (κ3) is 5.02. The zero-order valence-electron chi connectivity index (χ0n) is 18.3. The van der Waals surface area contributed by atoms with E-state index < -0.39 is 0 Å². The Balaban J connectivity index is 1.39. The molecule has 4 rings (SSSR count). The van der Waals surface area contributed by atoms with Crippen LogP contribution in [-0.2, 0) is 11.8 Å². The normalized spacial score (nSPS) is 13.8. The number of anilines is 1. The third-order valence-electron chi connectivity index (χ3n) is 5.69. The van der Waals surface area contributed by atoms with Crippen LogP contribution in [0.25, 0.3) is 11.4 Å². The minimum absolute atomic E-state index is 0.142. The first kappa shape index (κ1) is 22.1. The molecule has 1 aliphatic carbocycles. The van der Waals surface area contributed by atoms with Crippen LogP contribution >= 0.6 is 11.8 Å². The molecule has 0 radical (unpaired) electrons. The number of hydrogen-bond acceptors (Lipinski definition) is 5. The minimum Gasteiger partial charge on any atom is -0.349 e. The van der Waals surface area contributed by atoms with Crippen LogP contribution in [0.1, 0.15) is 41.6 Å². The van der Waals surface area contributed by atoms with E-state index in [1.165, 1.54) is 11.8 Å². The first-order valence-electron chi connectivity index (χ1n) is 10.8. The number of nitrogens with zero attached hydrogens (tertiary/aromatic N) is 3. The molecule has 0 saturated heterocycles. The van der Waals surface area contributed by atoms with Crippen LogP contribution in [0.3, 0.4) is 0 Å². The molecule has 2 amide bonds. The lowest BCUT2D eigenvalue weighted by molar-refractivity contribution is -0.113. The number of aromatic nitrogens is 3. The number of thioether (sulfide) groups is 1. The molecule has 32 heavy (non-hydrogen) atoms. The van der Waals surface area contributed by atoms with Gasteiger partial charge in [-0.1, -0.05) is 61.0 Å². The van der Waals surface area contributed by atoms with Gasteiger partial charge in [0.25, 0.3) is 5.91 Å². The van der Waals surface area contributed by atoms with Gasteiger partial charge in [-0.3, -0.25) is 9.59 Å². The van der Waals surface area contributed by atoms with Crippen LogP contribution in [0.2, 0.25) is 0 Å². The van der Waals surface area contributed by atoms with Crippen molar-refractivity contribution in [2.45, 2.75) is 43.8 Å². The molecular formula is C24H27N5O2S. The second kappa shape index (κ2) is 9.99. The lowest BCUT2D eigenvalue weighted by Crippen LogP contribution is -2.33. The summed E-state index contributed by atoms with van der Waals surface area (Å²) < 4.78 is 1.89. The molecule has 0 unspecified atom stereocenters. The zero-order valence-corrected chi connectivity index (χ0v) is 19.1. The molecule has 1 aliphatic rings. The van der Waals surface area contributed by atoms with Gasteiger partial charge in [0.1, 0.15) is 0 Å². The Morgan fingerprint density at radius 3 is 2.56 bits per heavy atom. The Kier molecular flexibility index (Phi) is 6.90. The zero-order chi connectivity index (χ0) is 22.5. The average Bonchev–Trinajstić information content (AvgIpc) is 3.43. The van der Waals surface area contributed by atoms with Crippen molar-refractivity contribution in [3.05, 3.63) is 59.7 Å². The molecule has 1 saturated carbocycles. The van der Waals surface area contributed by atoms with Crippen molar-refractivity contribution < 1.29 is 9.59 Å². The molecule has 1 heterocycles. The summed E-state index contributed by atoms with van der Waals surface area (Å²) in [7, 11) is 1.89. The molecule has 1 aromatic heterocycles. The maximum absolute atomic E-state index is 12.7. The van der Waals surface area contributed by atoms with E-state index in [0.717, 1.165) is 42.6 Å². The summed E-state index contributed by atoms with van der Waals surface area (Å²) >= 11 is 1.31. The van der Waals surface area contributed by atoms with E-state index in [-0.39, 0.29) is 23.6 Å². The van der Waals surface area contributed by atoms with Crippen LogP contribution < -0.4 is 10.6 Å². The van der Waals surface area contributed by atoms with E-state index in [1.54, 1.807) is 18.2 Å². The number of nitrogens with one attached hydrogen (secondary N) is 2. The summed E-state index contributed by atoms with van der Waals surface area (Å²) in [5.41, 5.74) is 3.14. The number of hydrogen-bond donors (Lipinski definition) is 2. The van der Waals surface area contributed by atoms with Gasteiger partial charge in [0.15, 0.2) is 11.0 Å². The fourth-order valence-electron chi connectivity index (χ4n) is 3.94. The number of carbonyl (C=O) groups excluding carboxylic acids is 2. The predicted molar refractivity (Wildman–Crippen MR) is 127 cm³/mol. The molecule has 0 atom stereocenters. The smallest absolute Gasteiger partial charge is 0.253 e. The van der Waals surface area contributed by atoms with Gasteiger partial charge < -0.3 is 15.2 Å². The lowest BCUT2D eigenvalue weighted by atomic mass is 10.1. The van der Waals surface area contributed by atoms with Gasteiger partial charge in [-0.05, 0) is 37.5 Å². The molecule has 7 nitrogen and oxygen atoms in total. The molecular weight excluding hydrogens is 422 g/mol. The van der Waals surface area contributed by atoms with E-state index in [1.807, 2.05) is 48.9 Å². The molecule has 0 aliphatic heterocycles. The monoisotopic (exact) mass is 449 g/mol. The van der Waals surface area contributed by atoms with Gasteiger partial charge in [0.05, 0.1) is 17.0 Å². The fourth-order valence-corrected chi connectivity index (χ4v) is 4.65. The summed E-state index contributed by atoms with van der Waals surface area (Å²) in [6, 6.07) is 15.3. The number of rotatable bonds is 7. The van der Waals surface area contributed by atoms with E-state index in [0.29, 0.717) is 16.4 Å². The number of carbonyl (C=O) groups is 2. The van der Waals surface area contributed by atoms with Crippen LogP contribution in [0.15, 0.2) is 53.7 Å². The Bertz CT molecular complexity index is 1120. The molecule has 166 valence electrons. The van der Waals surface area contributed by atoms with Crippen LogP contribution in [0.4, 0.5) is 5.69 Å². The quantitative estimate of drug-likeness (QED) is 0.528. The van der Waals surface area contributed by atoms with Gasteiger partial charge in [-0.15, -0.1) is 10.2 Å². The predicted octanol–water partition coefficient (Wildman–Crippen LogP) is 4.19. The van der Waals surface area contributed by atoms with Gasteiger partial charge in [-0.2, -0.15) is 0 Å². The largest absolute Gasteiger partial charge is 0.349 e. The van der Waals surface area contributed by atoms with Crippen molar-refractivity contribution >= 4 is 29.3 Å². The molecule has 1 fully saturated rings. The third-order valence-corrected chi connectivity index (χ3v) is 6.71. The first-order valence-corrected chi connectivity index (χ1v) is 11.8. The molecule has 0 spiro atoms. The van der Waals surface area contributed by atoms with Gasteiger partial charge in [0.2, 0.25) is 5.91 Å². The summed E-state index contributed by atoms with van der Waals surface area (Å²) in [4.78, 5) is 25.3. The molecule has 2 aromatic carbocycles. The Labute approximate surface area is 192 Å². The Morgan fingerprint density at radius 2 is 1.78 bits per heavy atom. The van der Waals surface area contributed by atoms with Gasteiger partial charge in [-0.25, -0.2) is 0 Å².